The van der Waals surface area contributed by atoms with Crippen LogP contribution >= 0.6 is 15.9 Å². The number of imide groups is 1. The zero-order chi connectivity index (χ0) is 17.3. The van der Waals surface area contributed by atoms with E-state index in [0.717, 1.165) is 28.6 Å². The van der Waals surface area contributed by atoms with Crippen LogP contribution in [0.5, 0.6) is 0 Å². The molecule has 128 valence electrons. The molecule has 1 spiro atoms. The van der Waals surface area contributed by atoms with Crippen molar-refractivity contribution in [3.8, 4) is 0 Å². The quantitative estimate of drug-likeness (QED) is 0.774. The molecular weight excluding hydrogens is 374 g/mol. The van der Waals surface area contributed by atoms with Crippen molar-refractivity contribution in [2.45, 2.75) is 38.1 Å². The minimum Gasteiger partial charge on any atom is -0.324 e. The highest BCUT2D eigenvalue weighted by molar-refractivity contribution is 9.10. The van der Waals surface area contributed by atoms with Gasteiger partial charge in [0.25, 0.3) is 5.91 Å². The van der Waals surface area contributed by atoms with Crippen LogP contribution in [0.4, 0.5) is 10.5 Å². The lowest BCUT2D eigenvalue weighted by molar-refractivity contribution is -0.136. The third-order valence-electron chi connectivity index (χ3n) is 4.91. The molecule has 1 aromatic carbocycles. The van der Waals surface area contributed by atoms with E-state index < -0.39 is 17.5 Å². The number of anilines is 1. The number of hydrogen-bond donors (Lipinski definition) is 2. The second-order valence-electron chi connectivity index (χ2n) is 6.50. The van der Waals surface area contributed by atoms with E-state index in [1.54, 1.807) is 18.2 Å². The Morgan fingerprint density at radius 2 is 2.21 bits per heavy atom. The molecule has 1 saturated carbocycles. The van der Waals surface area contributed by atoms with Crippen LogP contribution in [0.2, 0.25) is 0 Å². The van der Waals surface area contributed by atoms with E-state index >= 15 is 0 Å². The molecule has 0 bridgehead atoms. The molecule has 2 aliphatic rings. The highest BCUT2D eigenvalue weighted by Crippen LogP contribution is 2.38. The van der Waals surface area contributed by atoms with E-state index in [4.69, 9.17) is 0 Å². The maximum Gasteiger partial charge on any atom is 0.325 e. The zero-order valence-corrected chi connectivity index (χ0v) is 15.1. The van der Waals surface area contributed by atoms with Gasteiger partial charge in [0.05, 0.1) is 0 Å². The van der Waals surface area contributed by atoms with Gasteiger partial charge in [0, 0.05) is 10.2 Å². The van der Waals surface area contributed by atoms with E-state index in [0.29, 0.717) is 12.1 Å². The number of nitrogens with zero attached hydrogens (tertiary/aromatic N) is 1. The van der Waals surface area contributed by atoms with Crippen molar-refractivity contribution in [1.82, 2.24) is 10.2 Å². The number of rotatable bonds is 3. The first-order chi connectivity index (χ1) is 11.4. The molecule has 1 saturated heterocycles. The predicted molar refractivity (Wildman–Crippen MR) is 93.4 cm³/mol. The lowest BCUT2D eigenvalue weighted by atomic mass is 9.73. The van der Waals surface area contributed by atoms with Gasteiger partial charge >= 0.3 is 6.03 Å². The van der Waals surface area contributed by atoms with Crippen LogP contribution < -0.4 is 10.6 Å². The summed E-state index contributed by atoms with van der Waals surface area (Å²) in [5.74, 6) is -0.581. The molecule has 4 amide bonds. The molecule has 2 atom stereocenters. The van der Waals surface area contributed by atoms with Crippen LogP contribution in [0, 0.1) is 5.92 Å². The standard InChI is InChI=1S/C17H20BrN3O3/c1-11-5-2-3-8-17(11)15(23)21(16(24)20-17)10-14(22)19-13-7-4-6-12(18)9-13/h4,6-7,9,11H,2-3,5,8,10H2,1H3,(H,19,22)(H,20,24)/t11-,17+/m0/s1. The molecule has 1 aliphatic heterocycles. The summed E-state index contributed by atoms with van der Waals surface area (Å²) in [5.41, 5.74) is -0.215. The first kappa shape index (κ1) is 17.0. The fourth-order valence-corrected chi connectivity index (χ4v) is 3.95. The largest absolute Gasteiger partial charge is 0.325 e. The van der Waals surface area contributed by atoms with Crippen molar-refractivity contribution >= 4 is 39.5 Å². The van der Waals surface area contributed by atoms with Crippen LogP contribution in [-0.4, -0.2) is 34.8 Å². The molecule has 3 rings (SSSR count). The van der Waals surface area contributed by atoms with Gasteiger partial charge in [-0.1, -0.05) is 41.8 Å². The number of amides is 4. The second-order valence-corrected chi connectivity index (χ2v) is 7.41. The molecule has 0 aromatic heterocycles. The molecule has 0 unspecified atom stereocenters. The van der Waals surface area contributed by atoms with Crippen molar-refractivity contribution in [2.24, 2.45) is 5.92 Å². The average molecular weight is 394 g/mol. The monoisotopic (exact) mass is 393 g/mol. The summed E-state index contributed by atoms with van der Waals surface area (Å²) in [6, 6.07) is 6.68. The van der Waals surface area contributed by atoms with Crippen molar-refractivity contribution in [3.63, 3.8) is 0 Å². The van der Waals surface area contributed by atoms with Crippen molar-refractivity contribution < 1.29 is 14.4 Å². The third-order valence-corrected chi connectivity index (χ3v) is 5.40. The molecule has 0 radical (unpaired) electrons. The van der Waals surface area contributed by atoms with Gasteiger partial charge in [0.1, 0.15) is 12.1 Å². The second kappa shape index (κ2) is 6.55. The highest BCUT2D eigenvalue weighted by atomic mass is 79.9. The smallest absolute Gasteiger partial charge is 0.324 e. The van der Waals surface area contributed by atoms with Crippen molar-refractivity contribution in [2.75, 3.05) is 11.9 Å². The third kappa shape index (κ3) is 3.05. The highest BCUT2D eigenvalue weighted by Gasteiger charge is 2.55. The summed E-state index contributed by atoms with van der Waals surface area (Å²) < 4.78 is 0.838. The summed E-state index contributed by atoms with van der Waals surface area (Å²) >= 11 is 3.33. The number of benzene rings is 1. The van der Waals surface area contributed by atoms with Crippen molar-refractivity contribution in [3.05, 3.63) is 28.7 Å². The lowest BCUT2D eigenvalue weighted by Gasteiger charge is -2.36. The van der Waals surface area contributed by atoms with Gasteiger partial charge in [-0.3, -0.25) is 14.5 Å². The Morgan fingerprint density at radius 3 is 2.92 bits per heavy atom. The molecule has 7 heteroatoms. The fraction of sp³-hybridized carbons (Fsp3) is 0.471. The SMILES string of the molecule is C[C@H]1CCCC[C@@]12NC(=O)N(CC(=O)Nc1cccc(Br)c1)C2=O. The summed E-state index contributed by atoms with van der Waals surface area (Å²) in [5, 5.41) is 5.56. The lowest BCUT2D eigenvalue weighted by Crippen LogP contribution is -2.54. The Bertz CT molecular complexity index is 693. The van der Waals surface area contributed by atoms with E-state index in [1.807, 2.05) is 13.0 Å². The van der Waals surface area contributed by atoms with Gasteiger partial charge in [0.2, 0.25) is 5.91 Å². The zero-order valence-electron chi connectivity index (χ0n) is 13.5. The van der Waals surface area contributed by atoms with Crippen LogP contribution in [-0.2, 0) is 9.59 Å². The molecule has 1 heterocycles. The Labute approximate surface area is 149 Å². The first-order valence-corrected chi connectivity index (χ1v) is 8.91. The molecule has 6 nitrogen and oxygen atoms in total. The number of hydrogen-bond acceptors (Lipinski definition) is 3. The van der Waals surface area contributed by atoms with E-state index in [1.165, 1.54) is 0 Å². The van der Waals surface area contributed by atoms with E-state index in [-0.39, 0.29) is 18.4 Å². The van der Waals surface area contributed by atoms with Crippen LogP contribution in [0.15, 0.2) is 28.7 Å². The number of nitrogens with one attached hydrogen (secondary N) is 2. The van der Waals surface area contributed by atoms with Gasteiger partial charge in [-0.15, -0.1) is 0 Å². The Balaban J connectivity index is 1.70. The fourth-order valence-electron chi connectivity index (χ4n) is 3.55. The number of carbonyl (C=O) groups is 3. The minimum atomic E-state index is -0.828. The molecular formula is C17H20BrN3O3. The minimum absolute atomic E-state index is 0.0841. The van der Waals surface area contributed by atoms with Gasteiger partial charge < -0.3 is 10.6 Å². The van der Waals surface area contributed by atoms with Crippen LogP contribution in [0.3, 0.4) is 0 Å². The average Bonchev–Trinajstić information content (AvgIpc) is 2.75. The molecule has 1 aliphatic carbocycles. The summed E-state index contributed by atoms with van der Waals surface area (Å²) in [6.45, 7) is 1.72. The van der Waals surface area contributed by atoms with E-state index in [2.05, 4.69) is 26.6 Å². The summed E-state index contributed by atoms with van der Waals surface area (Å²) in [4.78, 5) is 38.3. The Kier molecular flexibility index (Phi) is 4.62. The molecule has 2 fully saturated rings. The Hall–Kier alpha value is -1.89. The molecule has 2 N–H and O–H groups in total. The van der Waals surface area contributed by atoms with Crippen LogP contribution in [0.25, 0.3) is 0 Å². The first-order valence-electron chi connectivity index (χ1n) is 8.12. The van der Waals surface area contributed by atoms with Gasteiger partial charge in [0.15, 0.2) is 0 Å². The summed E-state index contributed by atoms with van der Waals surface area (Å²) in [7, 11) is 0. The van der Waals surface area contributed by atoms with Gasteiger partial charge in [-0.25, -0.2) is 4.79 Å². The predicted octanol–water partition coefficient (Wildman–Crippen LogP) is 2.89. The topological polar surface area (TPSA) is 78.5 Å². The van der Waals surface area contributed by atoms with Crippen molar-refractivity contribution in [1.29, 1.82) is 0 Å². The normalized spacial score (nSPS) is 26.6. The number of halogens is 1. The maximum absolute atomic E-state index is 12.8. The summed E-state index contributed by atoms with van der Waals surface area (Å²) in [6.07, 6.45) is 3.52. The van der Waals surface area contributed by atoms with Crippen LogP contribution in [0.1, 0.15) is 32.6 Å². The molecule has 24 heavy (non-hydrogen) atoms. The van der Waals surface area contributed by atoms with E-state index in [9.17, 15) is 14.4 Å². The maximum atomic E-state index is 12.8. The van der Waals surface area contributed by atoms with Gasteiger partial charge in [-0.05, 0) is 37.0 Å². The number of urea groups is 1. The van der Waals surface area contributed by atoms with Gasteiger partial charge in [-0.2, -0.15) is 0 Å². The Morgan fingerprint density at radius 1 is 1.42 bits per heavy atom. The number of carbonyl (C=O) groups excluding carboxylic acids is 3. The molecule has 1 aromatic rings.